The van der Waals surface area contributed by atoms with Gasteiger partial charge in [0.1, 0.15) is 18.1 Å². The highest BCUT2D eigenvalue weighted by Gasteiger charge is 2.29. The third-order valence-corrected chi connectivity index (χ3v) is 4.67. The van der Waals surface area contributed by atoms with Gasteiger partial charge in [-0.15, -0.1) is 0 Å². The normalized spacial score (nSPS) is 14.0. The Morgan fingerprint density at radius 1 is 0.903 bits per heavy atom. The molecule has 1 heterocycles. The van der Waals surface area contributed by atoms with E-state index in [4.69, 9.17) is 9.47 Å². The molecule has 0 saturated carbocycles. The highest BCUT2D eigenvalue weighted by Crippen LogP contribution is 2.35. The van der Waals surface area contributed by atoms with Crippen LogP contribution < -0.4 is 9.47 Å². The van der Waals surface area contributed by atoms with Crippen LogP contribution in [-0.2, 0) is 6.61 Å². The SMILES string of the molecule is Cc1cccc(/C=C2\Oc3cc(OCc4c(F)c(F)c(F)c(F)c4F)ccc3C2=O)c1. The number of carbonyl (C=O) groups excluding carboxylic acids is 1. The van der Waals surface area contributed by atoms with Crippen molar-refractivity contribution in [1.29, 1.82) is 0 Å². The average Bonchev–Trinajstić information content (AvgIpc) is 3.05. The minimum Gasteiger partial charge on any atom is -0.489 e. The van der Waals surface area contributed by atoms with Crippen LogP contribution in [0.4, 0.5) is 22.0 Å². The molecule has 0 unspecified atom stereocenters. The van der Waals surface area contributed by atoms with E-state index in [1.165, 1.54) is 18.2 Å². The lowest BCUT2D eigenvalue weighted by atomic mass is 10.1. The van der Waals surface area contributed by atoms with Crippen LogP contribution in [0.2, 0.25) is 0 Å². The highest BCUT2D eigenvalue weighted by atomic mass is 19.2. The lowest BCUT2D eigenvalue weighted by molar-refractivity contribution is 0.101. The second-order valence-corrected chi connectivity index (χ2v) is 6.85. The Bertz CT molecular complexity index is 1220. The van der Waals surface area contributed by atoms with Gasteiger partial charge in [0.15, 0.2) is 29.0 Å². The van der Waals surface area contributed by atoms with Crippen molar-refractivity contribution in [3.8, 4) is 11.5 Å². The maximum atomic E-state index is 13.8. The molecule has 3 aromatic rings. The van der Waals surface area contributed by atoms with Crippen molar-refractivity contribution in [2.24, 2.45) is 0 Å². The summed E-state index contributed by atoms with van der Waals surface area (Å²) in [5.74, 6) is -10.4. The predicted octanol–water partition coefficient (Wildman–Crippen LogP) is 5.89. The van der Waals surface area contributed by atoms with Gasteiger partial charge in [0.2, 0.25) is 11.6 Å². The van der Waals surface area contributed by atoms with Crippen molar-refractivity contribution in [2.75, 3.05) is 0 Å². The molecule has 0 N–H and O–H groups in total. The average molecular weight is 432 g/mol. The Hall–Kier alpha value is -3.68. The van der Waals surface area contributed by atoms with Gasteiger partial charge in [0.05, 0.1) is 11.1 Å². The summed E-state index contributed by atoms with van der Waals surface area (Å²) in [6.45, 7) is 0.993. The summed E-state index contributed by atoms with van der Waals surface area (Å²) < 4.78 is 78.1. The van der Waals surface area contributed by atoms with Crippen LogP contribution in [0.5, 0.6) is 11.5 Å². The van der Waals surface area contributed by atoms with Crippen molar-refractivity contribution in [3.05, 3.63) is 99.6 Å². The highest BCUT2D eigenvalue weighted by molar-refractivity contribution is 6.14. The summed E-state index contributed by atoms with van der Waals surface area (Å²) in [5.41, 5.74) is 0.913. The van der Waals surface area contributed by atoms with Crippen molar-refractivity contribution in [3.63, 3.8) is 0 Å². The minimum absolute atomic E-state index is 0.0206. The van der Waals surface area contributed by atoms with Crippen LogP contribution in [0.1, 0.15) is 27.0 Å². The standard InChI is InChI=1S/C23H13F5O3/c1-11-3-2-4-12(7-11)8-17-23(29)14-6-5-13(9-16(14)31-17)30-10-15-18(24)20(26)22(28)21(27)19(15)25/h2-9H,10H2,1H3/b17-8-. The van der Waals surface area contributed by atoms with Gasteiger partial charge in [-0.2, -0.15) is 0 Å². The number of hydrogen-bond donors (Lipinski definition) is 0. The molecule has 0 amide bonds. The Morgan fingerprint density at radius 2 is 1.58 bits per heavy atom. The first-order chi connectivity index (χ1) is 14.8. The van der Waals surface area contributed by atoms with E-state index in [1.54, 1.807) is 12.1 Å². The quantitative estimate of drug-likeness (QED) is 0.223. The molecule has 1 aliphatic heterocycles. The first kappa shape index (κ1) is 20.6. The number of ether oxygens (including phenoxy) is 2. The van der Waals surface area contributed by atoms with E-state index >= 15 is 0 Å². The van der Waals surface area contributed by atoms with E-state index in [1.807, 2.05) is 25.1 Å². The predicted molar refractivity (Wildman–Crippen MR) is 101 cm³/mol. The third kappa shape index (κ3) is 3.76. The largest absolute Gasteiger partial charge is 0.489 e. The molecule has 31 heavy (non-hydrogen) atoms. The maximum Gasteiger partial charge on any atom is 0.231 e. The second kappa shape index (κ2) is 7.86. The molecule has 4 rings (SSSR count). The topological polar surface area (TPSA) is 35.5 Å². The monoisotopic (exact) mass is 432 g/mol. The Labute approximate surface area is 173 Å². The Kier molecular flexibility index (Phi) is 5.22. The van der Waals surface area contributed by atoms with Gasteiger partial charge in [-0.25, -0.2) is 22.0 Å². The summed E-state index contributed by atoms with van der Waals surface area (Å²) in [7, 11) is 0. The number of allylic oxidation sites excluding steroid dienone is 1. The molecule has 0 bridgehead atoms. The van der Waals surface area contributed by atoms with E-state index in [9.17, 15) is 26.7 Å². The van der Waals surface area contributed by atoms with E-state index < -0.39 is 41.3 Å². The zero-order valence-corrected chi connectivity index (χ0v) is 15.9. The van der Waals surface area contributed by atoms with E-state index in [0.29, 0.717) is 0 Å². The van der Waals surface area contributed by atoms with Crippen molar-refractivity contribution in [1.82, 2.24) is 0 Å². The zero-order chi connectivity index (χ0) is 22.3. The molecule has 0 radical (unpaired) electrons. The molecule has 3 aromatic carbocycles. The van der Waals surface area contributed by atoms with Gasteiger partial charge >= 0.3 is 0 Å². The second-order valence-electron chi connectivity index (χ2n) is 6.85. The van der Waals surface area contributed by atoms with E-state index in [2.05, 4.69) is 0 Å². The fraction of sp³-hybridized carbons (Fsp3) is 0.0870. The van der Waals surface area contributed by atoms with Gasteiger partial charge in [-0.1, -0.05) is 29.8 Å². The van der Waals surface area contributed by atoms with Crippen LogP contribution in [0.25, 0.3) is 6.08 Å². The summed E-state index contributed by atoms with van der Waals surface area (Å²) in [6.07, 6.45) is 1.57. The molecule has 0 aromatic heterocycles. The minimum atomic E-state index is -2.24. The lowest BCUT2D eigenvalue weighted by Gasteiger charge is -2.10. The molecule has 0 spiro atoms. The first-order valence-corrected chi connectivity index (χ1v) is 9.04. The molecule has 0 fully saturated rings. The molecule has 3 nitrogen and oxygen atoms in total. The Morgan fingerprint density at radius 3 is 2.26 bits per heavy atom. The molecular formula is C23H13F5O3. The van der Waals surface area contributed by atoms with Gasteiger partial charge in [0.25, 0.3) is 0 Å². The summed E-state index contributed by atoms with van der Waals surface area (Å²) in [5, 5.41) is 0. The number of aryl methyl sites for hydroxylation is 1. The van der Waals surface area contributed by atoms with Gasteiger partial charge in [-0.05, 0) is 30.7 Å². The molecule has 1 aliphatic rings. The van der Waals surface area contributed by atoms with Crippen molar-refractivity contribution >= 4 is 11.9 Å². The number of rotatable bonds is 4. The smallest absolute Gasteiger partial charge is 0.231 e. The number of halogens is 5. The van der Waals surface area contributed by atoms with Gasteiger partial charge in [-0.3, -0.25) is 4.79 Å². The fourth-order valence-electron chi connectivity index (χ4n) is 3.10. The number of fused-ring (bicyclic) bond motifs is 1. The van der Waals surface area contributed by atoms with Gasteiger partial charge < -0.3 is 9.47 Å². The van der Waals surface area contributed by atoms with Crippen LogP contribution in [0.15, 0.2) is 48.2 Å². The number of carbonyl (C=O) groups is 1. The van der Waals surface area contributed by atoms with Crippen LogP contribution in [0.3, 0.4) is 0 Å². The molecule has 0 atom stereocenters. The summed E-state index contributed by atoms with van der Waals surface area (Å²) >= 11 is 0. The van der Waals surface area contributed by atoms with Crippen LogP contribution in [0, 0.1) is 36.0 Å². The maximum absolute atomic E-state index is 13.8. The van der Waals surface area contributed by atoms with Crippen LogP contribution >= 0.6 is 0 Å². The molecule has 158 valence electrons. The van der Waals surface area contributed by atoms with Crippen molar-refractivity contribution in [2.45, 2.75) is 13.5 Å². The molecule has 0 aliphatic carbocycles. The van der Waals surface area contributed by atoms with E-state index in [0.717, 1.165) is 11.1 Å². The number of benzene rings is 3. The van der Waals surface area contributed by atoms with Gasteiger partial charge in [0, 0.05) is 6.07 Å². The molecule has 0 saturated heterocycles. The fourth-order valence-corrected chi connectivity index (χ4v) is 3.10. The van der Waals surface area contributed by atoms with Crippen molar-refractivity contribution < 1.29 is 36.2 Å². The number of hydrogen-bond acceptors (Lipinski definition) is 3. The zero-order valence-electron chi connectivity index (χ0n) is 15.9. The first-order valence-electron chi connectivity index (χ1n) is 9.04. The number of Topliss-reactive ketones (excluding diaryl/α,β-unsaturated/α-hetero) is 1. The Balaban J connectivity index is 1.56. The third-order valence-electron chi connectivity index (χ3n) is 4.67. The summed E-state index contributed by atoms with van der Waals surface area (Å²) in [6, 6.07) is 11.4. The number of ketones is 1. The molecular weight excluding hydrogens is 419 g/mol. The lowest BCUT2D eigenvalue weighted by Crippen LogP contribution is -2.09. The van der Waals surface area contributed by atoms with E-state index in [-0.39, 0.29) is 28.6 Å². The summed E-state index contributed by atoms with van der Waals surface area (Å²) in [4.78, 5) is 12.5. The molecule has 8 heteroatoms. The van der Waals surface area contributed by atoms with Crippen LogP contribution in [-0.4, -0.2) is 5.78 Å².